The molecule has 0 unspecified atom stereocenters. The first kappa shape index (κ1) is 11.7. The standard InChI is InChI=1S/C11H16O4/c1-3-14-10-5-8(7-12)9(13)6-11(10)15-4-2/h5-6,12-13H,3-4,7H2,1-2H3. The molecule has 1 aromatic carbocycles. The number of hydrogen-bond donors (Lipinski definition) is 2. The summed E-state index contributed by atoms with van der Waals surface area (Å²) < 4.78 is 10.6. The average Bonchev–Trinajstić information content (AvgIpc) is 2.22. The lowest BCUT2D eigenvalue weighted by atomic mass is 10.2. The Labute approximate surface area is 89.1 Å². The topological polar surface area (TPSA) is 58.9 Å². The fourth-order valence-electron chi connectivity index (χ4n) is 1.25. The minimum atomic E-state index is -0.224. The van der Waals surface area contributed by atoms with Crippen LogP contribution < -0.4 is 9.47 Å². The minimum absolute atomic E-state index is 0.0180. The van der Waals surface area contributed by atoms with Crippen molar-refractivity contribution < 1.29 is 19.7 Å². The Morgan fingerprint density at radius 3 is 2.07 bits per heavy atom. The monoisotopic (exact) mass is 212 g/mol. The van der Waals surface area contributed by atoms with Crippen LogP contribution in [0.2, 0.25) is 0 Å². The molecule has 0 radical (unpaired) electrons. The fraction of sp³-hybridized carbons (Fsp3) is 0.455. The summed E-state index contributed by atoms with van der Waals surface area (Å²) in [7, 11) is 0. The second-order valence-corrected chi connectivity index (χ2v) is 2.95. The molecule has 0 atom stereocenters. The Hall–Kier alpha value is -1.42. The highest BCUT2D eigenvalue weighted by Gasteiger charge is 2.10. The molecule has 4 nitrogen and oxygen atoms in total. The van der Waals surface area contributed by atoms with Gasteiger partial charge in [0.2, 0.25) is 0 Å². The van der Waals surface area contributed by atoms with Gasteiger partial charge in [-0.25, -0.2) is 0 Å². The maximum Gasteiger partial charge on any atom is 0.164 e. The van der Waals surface area contributed by atoms with E-state index in [2.05, 4.69) is 0 Å². The van der Waals surface area contributed by atoms with Gasteiger partial charge < -0.3 is 19.7 Å². The second kappa shape index (κ2) is 5.46. The summed E-state index contributed by atoms with van der Waals surface area (Å²) in [4.78, 5) is 0. The minimum Gasteiger partial charge on any atom is -0.507 e. The molecular weight excluding hydrogens is 196 g/mol. The van der Waals surface area contributed by atoms with Crippen LogP contribution in [-0.2, 0) is 6.61 Å². The molecule has 1 rings (SSSR count). The molecule has 84 valence electrons. The van der Waals surface area contributed by atoms with Crippen molar-refractivity contribution in [1.29, 1.82) is 0 Å². The van der Waals surface area contributed by atoms with Gasteiger partial charge >= 0.3 is 0 Å². The van der Waals surface area contributed by atoms with Crippen LogP contribution in [0.3, 0.4) is 0 Å². The average molecular weight is 212 g/mol. The Kier molecular flexibility index (Phi) is 4.24. The third kappa shape index (κ3) is 2.76. The van der Waals surface area contributed by atoms with Gasteiger partial charge in [0, 0.05) is 11.6 Å². The number of aliphatic hydroxyl groups is 1. The van der Waals surface area contributed by atoms with E-state index in [1.807, 2.05) is 13.8 Å². The molecule has 0 aliphatic heterocycles. The van der Waals surface area contributed by atoms with E-state index in [1.54, 1.807) is 6.07 Å². The van der Waals surface area contributed by atoms with Crippen molar-refractivity contribution >= 4 is 0 Å². The van der Waals surface area contributed by atoms with Crippen molar-refractivity contribution in [3.8, 4) is 17.2 Å². The van der Waals surface area contributed by atoms with E-state index in [9.17, 15) is 5.11 Å². The van der Waals surface area contributed by atoms with Crippen LogP contribution in [0.15, 0.2) is 12.1 Å². The van der Waals surface area contributed by atoms with Crippen LogP contribution in [0.5, 0.6) is 17.2 Å². The van der Waals surface area contributed by atoms with Crippen molar-refractivity contribution in [2.24, 2.45) is 0 Å². The Balaban J connectivity index is 3.07. The van der Waals surface area contributed by atoms with Crippen molar-refractivity contribution in [3.63, 3.8) is 0 Å². The number of ether oxygens (including phenoxy) is 2. The summed E-state index contributed by atoms with van der Waals surface area (Å²) in [6.07, 6.45) is 0. The van der Waals surface area contributed by atoms with Gasteiger partial charge in [-0.05, 0) is 19.9 Å². The fourth-order valence-corrected chi connectivity index (χ4v) is 1.25. The molecule has 0 fully saturated rings. The zero-order chi connectivity index (χ0) is 11.3. The summed E-state index contributed by atoms with van der Waals surface area (Å²) in [6.45, 7) is 4.50. The van der Waals surface area contributed by atoms with E-state index in [4.69, 9.17) is 14.6 Å². The van der Waals surface area contributed by atoms with Crippen LogP contribution in [-0.4, -0.2) is 23.4 Å². The van der Waals surface area contributed by atoms with Crippen LogP contribution in [0.4, 0.5) is 0 Å². The number of phenols is 1. The quantitative estimate of drug-likeness (QED) is 0.779. The van der Waals surface area contributed by atoms with Crippen LogP contribution in [0.1, 0.15) is 19.4 Å². The summed E-state index contributed by atoms with van der Waals surface area (Å²) >= 11 is 0. The number of benzene rings is 1. The van der Waals surface area contributed by atoms with E-state index in [-0.39, 0.29) is 12.4 Å². The normalized spacial score (nSPS) is 10.1. The molecule has 2 N–H and O–H groups in total. The lowest BCUT2D eigenvalue weighted by Crippen LogP contribution is -1.99. The molecule has 15 heavy (non-hydrogen) atoms. The second-order valence-electron chi connectivity index (χ2n) is 2.95. The van der Waals surface area contributed by atoms with E-state index < -0.39 is 0 Å². The Morgan fingerprint density at radius 2 is 1.60 bits per heavy atom. The van der Waals surface area contributed by atoms with E-state index in [0.29, 0.717) is 30.3 Å². The molecule has 0 bridgehead atoms. The molecule has 4 heteroatoms. The lowest BCUT2D eigenvalue weighted by Gasteiger charge is -2.12. The highest BCUT2D eigenvalue weighted by atomic mass is 16.5. The first-order valence-electron chi connectivity index (χ1n) is 4.95. The van der Waals surface area contributed by atoms with Crippen molar-refractivity contribution in [2.75, 3.05) is 13.2 Å². The summed E-state index contributed by atoms with van der Waals surface area (Å²) in [6, 6.07) is 3.05. The van der Waals surface area contributed by atoms with E-state index in [0.717, 1.165) is 0 Å². The van der Waals surface area contributed by atoms with Crippen LogP contribution >= 0.6 is 0 Å². The Bertz CT molecular complexity index is 323. The van der Waals surface area contributed by atoms with Crippen molar-refractivity contribution in [1.82, 2.24) is 0 Å². The maximum absolute atomic E-state index is 9.52. The van der Waals surface area contributed by atoms with Gasteiger partial charge in [0.1, 0.15) is 5.75 Å². The molecule has 0 aliphatic rings. The predicted octanol–water partition coefficient (Wildman–Crippen LogP) is 1.68. The smallest absolute Gasteiger partial charge is 0.164 e. The molecule has 0 spiro atoms. The molecule has 0 aliphatic carbocycles. The van der Waals surface area contributed by atoms with Gasteiger partial charge in [-0.15, -0.1) is 0 Å². The van der Waals surface area contributed by atoms with E-state index >= 15 is 0 Å². The third-order valence-electron chi connectivity index (χ3n) is 1.92. The molecule has 0 aromatic heterocycles. The first-order valence-corrected chi connectivity index (χ1v) is 4.95. The summed E-state index contributed by atoms with van der Waals surface area (Å²) in [5, 5.41) is 18.5. The largest absolute Gasteiger partial charge is 0.507 e. The van der Waals surface area contributed by atoms with Gasteiger partial charge in [-0.3, -0.25) is 0 Å². The molecule has 1 aromatic rings. The van der Waals surface area contributed by atoms with E-state index in [1.165, 1.54) is 6.07 Å². The molecule has 0 heterocycles. The van der Waals surface area contributed by atoms with Crippen LogP contribution in [0.25, 0.3) is 0 Å². The molecular formula is C11H16O4. The SMILES string of the molecule is CCOc1cc(O)c(CO)cc1OCC. The number of aliphatic hydroxyl groups excluding tert-OH is 1. The van der Waals surface area contributed by atoms with Crippen molar-refractivity contribution in [3.05, 3.63) is 17.7 Å². The number of rotatable bonds is 5. The predicted molar refractivity (Wildman–Crippen MR) is 56.4 cm³/mol. The van der Waals surface area contributed by atoms with Gasteiger partial charge in [-0.1, -0.05) is 0 Å². The van der Waals surface area contributed by atoms with Crippen molar-refractivity contribution in [2.45, 2.75) is 20.5 Å². The summed E-state index contributed by atoms with van der Waals surface area (Å²) in [5.41, 5.74) is 0.432. The number of hydrogen-bond acceptors (Lipinski definition) is 4. The highest BCUT2D eigenvalue weighted by Crippen LogP contribution is 2.34. The van der Waals surface area contributed by atoms with Gasteiger partial charge in [-0.2, -0.15) is 0 Å². The van der Waals surface area contributed by atoms with Gasteiger partial charge in [0.25, 0.3) is 0 Å². The molecule has 0 amide bonds. The maximum atomic E-state index is 9.52. The first-order chi connectivity index (χ1) is 7.22. The third-order valence-corrected chi connectivity index (χ3v) is 1.92. The summed E-state index contributed by atoms with van der Waals surface area (Å²) in [5.74, 6) is 1.06. The van der Waals surface area contributed by atoms with Crippen LogP contribution in [0, 0.1) is 0 Å². The van der Waals surface area contributed by atoms with Gasteiger partial charge in [0.15, 0.2) is 11.5 Å². The molecule has 0 saturated carbocycles. The zero-order valence-electron chi connectivity index (χ0n) is 8.99. The zero-order valence-corrected chi connectivity index (χ0v) is 8.99. The Morgan fingerprint density at radius 1 is 1.07 bits per heavy atom. The lowest BCUT2D eigenvalue weighted by molar-refractivity contribution is 0.266. The molecule has 0 saturated heterocycles. The number of aromatic hydroxyl groups is 1. The highest BCUT2D eigenvalue weighted by molar-refractivity contribution is 5.49. The van der Waals surface area contributed by atoms with Gasteiger partial charge in [0.05, 0.1) is 19.8 Å².